The number of thiocarbonyl (C=S) groups is 1. The molecule has 2 aromatic rings. The zero-order chi connectivity index (χ0) is 19.6. The quantitative estimate of drug-likeness (QED) is 0.437. The van der Waals surface area contributed by atoms with Gasteiger partial charge in [0.1, 0.15) is 6.61 Å². The summed E-state index contributed by atoms with van der Waals surface area (Å²) in [4.78, 5) is 13.5. The largest absolute Gasteiger partial charge is 0.493 e. The number of hydrogen-bond acceptors (Lipinski definition) is 5. The maximum Gasteiger partial charge on any atom is 0.285 e. The second-order valence-corrected chi connectivity index (χ2v) is 7.50. The fraction of sp³-hybridized carbons (Fsp3) is 0.200. The standard InChI is InChI=1S/C20H18N2O3S2/c1-5-10-25-16-9-8-15(11-17(16)24-4)12-18-19(23)22(20(26)27-18)21-13(2)6-7-14(21)3/h1,6-9,11-12H,10H2,2-4H3/b18-12-. The highest BCUT2D eigenvalue weighted by molar-refractivity contribution is 8.27. The third-order valence-corrected chi connectivity index (χ3v) is 5.29. The molecule has 0 bridgehead atoms. The van der Waals surface area contributed by atoms with E-state index in [9.17, 15) is 4.79 Å². The fourth-order valence-corrected chi connectivity index (χ4v) is 4.01. The van der Waals surface area contributed by atoms with E-state index in [-0.39, 0.29) is 12.5 Å². The molecule has 2 heterocycles. The molecule has 0 atom stereocenters. The average Bonchev–Trinajstić information content (AvgIpc) is 3.11. The number of aromatic nitrogens is 1. The van der Waals surface area contributed by atoms with Gasteiger partial charge in [-0.2, -0.15) is 5.01 Å². The highest BCUT2D eigenvalue weighted by Crippen LogP contribution is 2.34. The van der Waals surface area contributed by atoms with E-state index in [1.54, 1.807) is 25.3 Å². The second kappa shape index (κ2) is 7.91. The van der Waals surface area contributed by atoms with Crippen molar-refractivity contribution in [2.75, 3.05) is 18.7 Å². The molecule has 138 valence electrons. The molecule has 3 rings (SSSR count). The summed E-state index contributed by atoms with van der Waals surface area (Å²) in [6, 6.07) is 9.31. The van der Waals surface area contributed by atoms with Crippen LogP contribution in [0.5, 0.6) is 11.5 Å². The van der Waals surface area contributed by atoms with Gasteiger partial charge in [0.2, 0.25) is 0 Å². The second-order valence-electron chi connectivity index (χ2n) is 5.82. The molecular formula is C20H18N2O3S2. The van der Waals surface area contributed by atoms with Crippen molar-refractivity contribution >= 4 is 40.3 Å². The molecule has 7 heteroatoms. The third kappa shape index (κ3) is 3.72. The van der Waals surface area contributed by atoms with Gasteiger partial charge in [0.15, 0.2) is 15.8 Å². The van der Waals surface area contributed by atoms with E-state index in [0.29, 0.717) is 20.7 Å². The summed E-state index contributed by atoms with van der Waals surface area (Å²) in [6.45, 7) is 4.04. The van der Waals surface area contributed by atoms with Crippen molar-refractivity contribution in [1.29, 1.82) is 0 Å². The Morgan fingerprint density at radius 2 is 1.93 bits per heavy atom. The maximum atomic E-state index is 12.9. The number of amides is 1. The Hall–Kier alpha value is -2.69. The normalized spacial score (nSPS) is 15.3. The third-order valence-electron chi connectivity index (χ3n) is 4.00. The van der Waals surface area contributed by atoms with Gasteiger partial charge in [0.05, 0.1) is 12.0 Å². The van der Waals surface area contributed by atoms with Crippen molar-refractivity contribution in [3.05, 3.63) is 52.2 Å². The first kappa shape index (κ1) is 19.1. The lowest BCUT2D eigenvalue weighted by atomic mass is 10.2. The van der Waals surface area contributed by atoms with E-state index in [0.717, 1.165) is 17.0 Å². The van der Waals surface area contributed by atoms with Crippen molar-refractivity contribution in [2.24, 2.45) is 0 Å². The zero-order valence-electron chi connectivity index (χ0n) is 15.2. The number of aryl methyl sites for hydroxylation is 2. The van der Waals surface area contributed by atoms with Gasteiger partial charge in [-0.05, 0) is 62.0 Å². The van der Waals surface area contributed by atoms with Crippen LogP contribution in [0.2, 0.25) is 0 Å². The first-order chi connectivity index (χ1) is 13.0. The minimum Gasteiger partial charge on any atom is -0.493 e. The maximum absolute atomic E-state index is 12.9. The van der Waals surface area contributed by atoms with Gasteiger partial charge < -0.3 is 9.47 Å². The fourth-order valence-electron chi connectivity index (χ4n) is 2.77. The Balaban J connectivity index is 1.91. The smallest absolute Gasteiger partial charge is 0.285 e. The van der Waals surface area contributed by atoms with Crippen LogP contribution in [0.4, 0.5) is 0 Å². The summed E-state index contributed by atoms with van der Waals surface area (Å²) < 4.78 is 13.1. The zero-order valence-corrected chi connectivity index (χ0v) is 16.8. The van der Waals surface area contributed by atoms with Gasteiger partial charge in [-0.25, -0.2) is 0 Å². The SMILES string of the molecule is C#CCOc1ccc(/C=C2\SC(=S)N(n3c(C)ccc3C)C2=O)cc1OC. The molecule has 1 aliphatic rings. The Morgan fingerprint density at radius 1 is 1.22 bits per heavy atom. The Bertz CT molecular complexity index is 966. The first-order valence-electron chi connectivity index (χ1n) is 8.13. The number of thioether (sulfide) groups is 1. The van der Waals surface area contributed by atoms with E-state index in [2.05, 4.69) is 5.92 Å². The minimum absolute atomic E-state index is 0.154. The predicted molar refractivity (Wildman–Crippen MR) is 113 cm³/mol. The minimum atomic E-state index is -0.154. The molecule has 1 aromatic carbocycles. The number of carbonyl (C=O) groups excluding carboxylic acids is 1. The average molecular weight is 399 g/mol. The monoisotopic (exact) mass is 398 g/mol. The number of benzene rings is 1. The number of carbonyl (C=O) groups is 1. The van der Waals surface area contributed by atoms with E-state index < -0.39 is 0 Å². The van der Waals surface area contributed by atoms with E-state index >= 15 is 0 Å². The summed E-state index contributed by atoms with van der Waals surface area (Å²) in [5.74, 6) is 3.37. The number of ether oxygens (including phenoxy) is 2. The lowest BCUT2D eigenvalue weighted by molar-refractivity contribution is -0.114. The summed E-state index contributed by atoms with van der Waals surface area (Å²) >= 11 is 6.71. The van der Waals surface area contributed by atoms with Crippen LogP contribution in [0.15, 0.2) is 35.2 Å². The number of rotatable bonds is 5. The molecule has 0 spiro atoms. The number of methoxy groups -OCH3 is 1. The molecule has 0 N–H and O–H groups in total. The summed E-state index contributed by atoms with van der Waals surface area (Å²) in [5, 5.41) is 1.53. The summed E-state index contributed by atoms with van der Waals surface area (Å²) in [5.41, 5.74) is 2.70. The Morgan fingerprint density at radius 3 is 2.56 bits per heavy atom. The summed E-state index contributed by atoms with van der Waals surface area (Å²) in [7, 11) is 1.55. The topological polar surface area (TPSA) is 43.7 Å². The molecule has 1 saturated heterocycles. The molecule has 27 heavy (non-hydrogen) atoms. The van der Waals surface area contributed by atoms with Crippen LogP contribution in [0.1, 0.15) is 17.0 Å². The van der Waals surface area contributed by atoms with E-state index in [4.69, 9.17) is 28.1 Å². The lowest BCUT2D eigenvalue weighted by Crippen LogP contribution is -2.39. The van der Waals surface area contributed by atoms with E-state index in [1.165, 1.54) is 16.8 Å². The molecule has 0 aliphatic carbocycles. The van der Waals surface area contributed by atoms with Crippen LogP contribution in [0.25, 0.3) is 6.08 Å². The molecule has 0 saturated carbocycles. The summed E-state index contributed by atoms with van der Waals surface area (Å²) in [6.07, 6.45) is 7.02. The van der Waals surface area contributed by atoms with Crippen molar-refractivity contribution in [3.63, 3.8) is 0 Å². The molecule has 1 amide bonds. The Labute approximate surface area is 167 Å². The predicted octanol–water partition coefficient (Wildman–Crippen LogP) is 3.66. The van der Waals surface area contributed by atoms with Crippen LogP contribution in [0.3, 0.4) is 0 Å². The van der Waals surface area contributed by atoms with Crippen molar-refractivity contribution in [3.8, 4) is 23.8 Å². The Kier molecular flexibility index (Phi) is 5.59. The molecule has 5 nitrogen and oxygen atoms in total. The van der Waals surface area contributed by atoms with Crippen LogP contribution in [-0.2, 0) is 4.79 Å². The van der Waals surface area contributed by atoms with Crippen molar-refractivity contribution < 1.29 is 14.3 Å². The molecule has 0 unspecified atom stereocenters. The van der Waals surface area contributed by atoms with Crippen LogP contribution in [0, 0.1) is 26.2 Å². The highest BCUT2D eigenvalue weighted by atomic mass is 32.2. The lowest BCUT2D eigenvalue weighted by Gasteiger charge is -2.20. The van der Waals surface area contributed by atoms with Gasteiger partial charge in [-0.3, -0.25) is 9.47 Å². The number of hydrogen-bond donors (Lipinski definition) is 0. The van der Waals surface area contributed by atoms with E-state index in [1.807, 2.05) is 36.7 Å². The van der Waals surface area contributed by atoms with Gasteiger partial charge >= 0.3 is 0 Å². The van der Waals surface area contributed by atoms with Crippen LogP contribution >= 0.6 is 24.0 Å². The molecular weight excluding hydrogens is 380 g/mol. The van der Waals surface area contributed by atoms with Crippen LogP contribution in [-0.4, -0.2) is 28.6 Å². The van der Waals surface area contributed by atoms with Crippen molar-refractivity contribution in [2.45, 2.75) is 13.8 Å². The molecule has 1 fully saturated rings. The number of terminal acetylenes is 1. The highest BCUT2D eigenvalue weighted by Gasteiger charge is 2.34. The van der Waals surface area contributed by atoms with Gasteiger partial charge in [-0.1, -0.05) is 23.7 Å². The van der Waals surface area contributed by atoms with Crippen molar-refractivity contribution in [1.82, 2.24) is 4.68 Å². The molecule has 1 aliphatic heterocycles. The molecule has 1 aromatic heterocycles. The van der Waals surface area contributed by atoms with Gasteiger partial charge in [0, 0.05) is 11.4 Å². The van der Waals surface area contributed by atoms with Crippen LogP contribution < -0.4 is 14.5 Å². The molecule has 0 radical (unpaired) electrons. The van der Waals surface area contributed by atoms with Gasteiger partial charge in [-0.15, -0.1) is 6.42 Å². The number of nitrogens with zero attached hydrogens (tertiary/aromatic N) is 2. The van der Waals surface area contributed by atoms with Gasteiger partial charge in [0.25, 0.3) is 5.91 Å². The first-order valence-corrected chi connectivity index (χ1v) is 9.36.